The second-order valence-corrected chi connectivity index (χ2v) is 3.22. The molecule has 0 aliphatic heterocycles. The third kappa shape index (κ3) is 4.39. The lowest BCUT2D eigenvalue weighted by molar-refractivity contribution is 0.626. The average molecular weight is 186 g/mol. The van der Waals surface area contributed by atoms with E-state index in [1.807, 2.05) is 13.8 Å². The van der Waals surface area contributed by atoms with Crippen molar-refractivity contribution in [3.8, 4) is 0 Å². The topological polar surface area (TPSA) is 0 Å². The van der Waals surface area contributed by atoms with Crippen LogP contribution >= 0.6 is 11.8 Å². The van der Waals surface area contributed by atoms with Gasteiger partial charge in [-0.25, -0.2) is 4.39 Å². The van der Waals surface area contributed by atoms with Gasteiger partial charge in [0.05, 0.1) is 0 Å². The van der Waals surface area contributed by atoms with Crippen LogP contribution in [0.5, 0.6) is 0 Å². The number of benzene rings is 1. The molecule has 0 saturated heterocycles. The summed E-state index contributed by atoms with van der Waals surface area (Å²) >= 11 is 1.72. The van der Waals surface area contributed by atoms with Gasteiger partial charge in [-0.05, 0) is 30.0 Å². The van der Waals surface area contributed by atoms with Crippen LogP contribution in [0, 0.1) is 5.82 Å². The molecule has 0 radical (unpaired) electrons. The summed E-state index contributed by atoms with van der Waals surface area (Å²) < 4.78 is 12.3. The zero-order chi connectivity index (χ0) is 9.40. The van der Waals surface area contributed by atoms with Gasteiger partial charge >= 0.3 is 0 Å². The van der Waals surface area contributed by atoms with Crippen molar-refractivity contribution in [2.45, 2.75) is 25.7 Å². The molecule has 0 atom stereocenters. The van der Waals surface area contributed by atoms with Crippen molar-refractivity contribution in [1.82, 2.24) is 0 Å². The SMILES string of the molecule is CC.CCSc1ccc(F)cc1. The predicted octanol–water partition coefficient (Wildman–Crippen LogP) is 3.96. The molecule has 2 heteroatoms. The van der Waals surface area contributed by atoms with Crippen molar-refractivity contribution in [3.05, 3.63) is 30.1 Å². The Morgan fingerprint density at radius 1 is 1.17 bits per heavy atom. The van der Waals surface area contributed by atoms with Crippen LogP contribution < -0.4 is 0 Å². The fourth-order valence-electron chi connectivity index (χ4n) is 0.697. The summed E-state index contributed by atoms with van der Waals surface area (Å²) in [7, 11) is 0. The smallest absolute Gasteiger partial charge is 0.123 e. The van der Waals surface area contributed by atoms with E-state index in [1.54, 1.807) is 23.9 Å². The summed E-state index contributed by atoms with van der Waals surface area (Å²) in [5.41, 5.74) is 0. The molecule has 0 N–H and O–H groups in total. The lowest BCUT2D eigenvalue weighted by Crippen LogP contribution is -1.74. The molecule has 0 amide bonds. The second kappa shape index (κ2) is 7.17. The minimum Gasteiger partial charge on any atom is -0.207 e. The molecule has 0 spiro atoms. The average Bonchev–Trinajstić information content (AvgIpc) is 2.13. The quantitative estimate of drug-likeness (QED) is 0.630. The van der Waals surface area contributed by atoms with E-state index in [4.69, 9.17) is 0 Å². The Morgan fingerprint density at radius 3 is 2.08 bits per heavy atom. The van der Waals surface area contributed by atoms with Gasteiger partial charge < -0.3 is 0 Å². The number of hydrogen-bond acceptors (Lipinski definition) is 1. The highest BCUT2D eigenvalue weighted by atomic mass is 32.2. The number of halogens is 1. The number of hydrogen-bond donors (Lipinski definition) is 0. The molecule has 0 heterocycles. The van der Waals surface area contributed by atoms with E-state index in [1.165, 1.54) is 12.1 Å². The van der Waals surface area contributed by atoms with Gasteiger partial charge in [0.25, 0.3) is 0 Å². The van der Waals surface area contributed by atoms with E-state index in [0.717, 1.165) is 10.6 Å². The monoisotopic (exact) mass is 186 g/mol. The van der Waals surface area contributed by atoms with Crippen LogP contribution in [0.2, 0.25) is 0 Å². The maximum Gasteiger partial charge on any atom is 0.123 e. The zero-order valence-electron chi connectivity index (χ0n) is 7.80. The van der Waals surface area contributed by atoms with Gasteiger partial charge in [-0.2, -0.15) is 0 Å². The van der Waals surface area contributed by atoms with Crippen molar-refractivity contribution in [2.75, 3.05) is 5.75 Å². The summed E-state index contributed by atoms with van der Waals surface area (Å²) in [6.07, 6.45) is 0. The Kier molecular flexibility index (Phi) is 6.87. The second-order valence-electron chi connectivity index (χ2n) is 1.89. The molecule has 0 aliphatic carbocycles. The van der Waals surface area contributed by atoms with Crippen molar-refractivity contribution >= 4 is 11.8 Å². The molecule has 12 heavy (non-hydrogen) atoms. The van der Waals surface area contributed by atoms with E-state index in [2.05, 4.69) is 6.92 Å². The molecule has 0 nitrogen and oxygen atoms in total. The highest BCUT2D eigenvalue weighted by molar-refractivity contribution is 7.99. The molecule has 68 valence electrons. The van der Waals surface area contributed by atoms with Crippen LogP contribution in [0.15, 0.2) is 29.2 Å². The highest BCUT2D eigenvalue weighted by Gasteiger charge is 1.90. The summed E-state index contributed by atoms with van der Waals surface area (Å²) in [5, 5.41) is 0. The normalized spacial score (nSPS) is 8.67. The van der Waals surface area contributed by atoms with E-state index in [-0.39, 0.29) is 5.82 Å². The van der Waals surface area contributed by atoms with Crippen LogP contribution in [0.25, 0.3) is 0 Å². The fourth-order valence-corrected chi connectivity index (χ4v) is 1.36. The highest BCUT2D eigenvalue weighted by Crippen LogP contribution is 2.16. The maximum absolute atomic E-state index is 12.3. The van der Waals surface area contributed by atoms with Gasteiger partial charge in [0.2, 0.25) is 0 Å². The standard InChI is InChI=1S/C8H9FS.C2H6/c1-2-10-8-5-3-7(9)4-6-8;1-2/h3-6H,2H2,1H3;1-2H3. The van der Waals surface area contributed by atoms with Gasteiger partial charge in [-0.15, -0.1) is 11.8 Å². The first-order valence-electron chi connectivity index (χ1n) is 4.21. The Bertz CT molecular complexity index is 193. The molecule has 0 fully saturated rings. The molecule has 0 unspecified atom stereocenters. The van der Waals surface area contributed by atoms with Crippen LogP contribution in [0.3, 0.4) is 0 Å². The van der Waals surface area contributed by atoms with Gasteiger partial charge in [0.15, 0.2) is 0 Å². The molecular formula is C10H15FS. The molecule has 0 aromatic heterocycles. The third-order valence-electron chi connectivity index (χ3n) is 1.12. The Hall–Kier alpha value is -0.500. The molecular weight excluding hydrogens is 171 g/mol. The summed E-state index contributed by atoms with van der Waals surface area (Å²) in [6, 6.07) is 6.56. The molecule has 0 saturated carbocycles. The van der Waals surface area contributed by atoms with E-state index < -0.39 is 0 Å². The zero-order valence-corrected chi connectivity index (χ0v) is 8.62. The van der Waals surface area contributed by atoms with Gasteiger partial charge in [-0.1, -0.05) is 20.8 Å². The lowest BCUT2D eigenvalue weighted by Gasteiger charge is -1.95. The largest absolute Gasteiger partial charge is 0.207 e. The summed E-state index contributed by atoms with van der Waals surface area (Å²) in [5.74, 6) is 0.867. The van der Waals surface area contributed by atoms with Crippen molar-refractivity contribution in [1.29, 1.82) is 0 Å². The third-order valence-corrected chi connectivity index (χ3v) is 2.02. The van der Waals surface area contributed by atoms with E-state index >= 15 is 0 Å². The number of thioether (sulfide) groups is 1. The Labute approximate surface area is 78.2 Å². The molecule has 1 rings (SSSR count). The fraction of sp³-hybridized carbons (Fsp3) is 0.400. The molecule has 1 aromatic carbocycles. The molecule has 1 aromatic rings. The minimum atomic E-state index is -0.166. The van der Waals surface area contributed by atoms with Crippen LogP contribution in [-0.2, 0) is 0 Å². The minimum absolute atomic E-state index is 0.166. The maximum atomic E-state index is 12.3. The predicted molar refractivity (Wildman–Crippen MR) is 54.1 cm³/mol. The first kappa shape index (κ1) is 11.5. The van der Waals surface area contributed by atoms with Crippen LogP contribution in [0.4, 0.5) is 4.39 Å². The van der Waals surface area contributed by atoms with Gasteiger partial charge in [0.1, 0.15) is 5.82 Å². The van der Waals surface area contributed by atoms with Crippen LogP contribution in [-0.4, -0.2) is 5.75 Å². The summed E-state index contributed by atoms with van der Waals surface area (Å²) in [4.78, 5) is 1.13. The van der Waals surface area contributed by atoms with Gasteiger partial charge in [0, 0.05) is 4.90 Å². The van der Waals surface area contributed by atoms with E-state index in [0.29, 0.717) is 0 Å². The molecule has 0 bridgehead atoms. The van der Waals surface area contributed by atoms with Gasteiger partial charge in [-0.3, -0.25) is 0 Å². The lowest BCUT2D eigenvalue weighted by atomic mass is 10.4. The van der Waals surface area contributed by atoms with Crippen LogP contribution in [0.1, 0.15) is 20.8 Å². The first-order chi connectivity index (χ1) is 5.83. The Balaban J connectivity index is 0.000000561. The first-order valence-corrected chi connectivity index (χ1v) is 5.20. The Morgan fingerprint density at radius 2 is 1.67 bits per heavy atom. The van der Waals surface area contributed by atoms with Crippen molar-refractivity contribution < 1.29 is 4.39 Å². The van der Waals surface area contributed by atoms with E-state index in [9.17, 15) is 4.39 Å². The summed E-state index contributed by atoms with van der Waals surface area (Å²) in [6.45, 7) is 6.08. The molecule has 0 aliphatic rings. The van der Waals surface area contributed by atoms with Crippen molar-refractivity contribution in [2.24, 2.45) is 0 Å². The number of rotatable bonds is 2. The van der Waals surface area contributed by atoms with Crippen molar-refractivity contribution in [3.63, 3.8) is 0 Å².